The highest BCUT2D eigenvalue weighted by Gasteiger charge is 2.45. The van der Waals surface area contributed by atoms with Crippen LogP contribution in [0.4, 0.5) is 4.79 Å². The van der Waals surface area contributed by atoms with Gasteiger partial charge in [0.1, 0.15) is 17.0 Å². The number of hydrogen-bond donors (Lipinski definition) is 3. The van der Waals surface area contributed by atoms with Gasteiger partial charge in [-0.1, -0.05) is 23.7 Å². The number of alkyl carbamates (subject to hydrolysis) is 1. The fourth-order valence-electron chi connectivity index (χ4n) is 4.29. The highest BCUT2D eigenvalue weighted by Crippen LogP contribution is 2.34. The minimum Gasteiger partial charge on any atom is -0.493 e. The van der Waals surface area contributed by atoms with Gasteiger partial charge in [-0.25, -0.2) is 4.79 Å². The molecule has 4 aliphatic rings. The topological polar surface area (TPSA) is 122 Å². The van der Waals surface area contributed by atoms with Crippen molar-refractivity contribution in [2.45, 2.75) is 49.8 Å². The maximum Gasteiger partial charge on any atom is 0.410 e. The normalized spacial score (nSPS) is 21.2. The third-order valence-corrected chi connectivity index (χ3v) is 7.11. The summed E-state index contributed by atoms with van der Waals surface area (Å²) < 4.78 is 17.4. The van der Waals surface area contributed by atoms with E-state index in [4.69, 9.17) is 25.8 Å². The molecular weight excluding hydrogens is 496 g/mol. The van der Waals surface area contributed by atoms with Crippen LogP contribution in [-0.2, 0) is 11.2 Å². The predicted octanol–water partition coefficient (Wildman–Crippen LogP) is 3.66. The number of carbonyl (C=O) groups excluding carboxylic acids is 2. The molecule has 2 amide bonds. The molecular formula is C27H29ClN4O5. The van der Waals surface area contributed by atoms with E-state index in [0.29, 0.717) is 54.1 Å². The fraction of sp³-hybridized carbons (Fsp3) is 0.444. The van der Waals surface area contributed by atoms with Crippen LogP contribution in [0.2, 0.25) is 5.02 Å². The maximum absolute atomic E-state index is 13.5. The number of hydrogen-bond acceptors (Lipinski definition) is 7. The molecule has 0 aromatic heterocycles. The molecule has 6 rings (SSSR count). The van der Waals surface area contributed by atoms with Crippen LogP contribution in [0.5, 0.6) is 11.5 Å². The third-order valence-electron chi connectivity index (χ3n) is 6.82. The van der Waals surface area contributed by atoms with Gasteiger partial charge in [-0.3, -0.25) is 4.79 Å². The van der Waals surface area contributed by atoms with E-state index in [1.54, 1.807) is 12.1 Å². The van der Waals surface area contributed by atoms with E-state index in [1.807, 2.05) is 24.3 Å². The summed E-state index contributed by atoms with van der Waals surface area (Å²) in [7, 11) is 0. The van der Waals surface area contributed by atoms with Crippen molar-refractivity contribution in [3.63, 3.8) is 0 Å². The zero-order valence-corrected chi connectivity index (χ0v) is 21.1. The molecule has 1 aliphatic carbocycles. The van der Waals surface area contributed by atoms with Crippen LogP contribution in [0.3, 0.4) is 0 Å². The Morgan fingerprint density at radius 3 is 2.49 bits per heavy atom. The highest BCUT2D eigenvalue weighted by atomic mass is 35.5. The van der Waals surface area contributed by atoms with Gasteiger partial charge in [0.25, 0.3) is 5.91 Å². The molecule has 3 aliphatic heterocycles. The molecule has 0 radical (unpaired) electrons. The van der Waals surface area contributed by atoms with E-state index in [2.05, 4.69) is 22.0 Å². The van der Waals surface area contributed by atoms with Gasteiger partial charge in [-0.05, 0) is 61.1 Å². The zero-order chi connectivity index (χ0) is 25.8. The maximum atomic E-state index is 13.5. The van der Waals surface area contributed by atoms with Gasteiger partial charge in [-0.15, -0.1) is 0 Å². The number of halogens is 1. The Balaban J connectivity index is 1.42. The lowest BCUT2D eigenvalue weighted by atomic mass is 9.92. The Morgan fingerprint density at radius 1 is 1.11 bits per heavy atom. The van der Waals surface area contributed by atoms with Crippen LogP contribution >= 0.6 is 11.6 Å². The van der Waals surface area contributed by atoms with Crippen molar-refractivity contribution in [3.05, 3.63) is 58.1 Å². The van der Waals surface area contributed by atoms with Crippen LogP contribution in [0.25, 0.3) is 0 Å². The summed E-state index contributed by atoms with van der Waals surface area (Å²) in [6.07, 6.45) is 1.02. The number of benzene rings is 2. The number of amides is 2. The molecule has 0 spiro atoms. The van der Waals surface area contributed by atoms with Crippen molar-refractivity contribution >= 4 is 23.6 Å². The second-order valence-corrected chi connectivity index (χ2v) is 10.1. The Hall–Kier alpha value is -3.48. The first-order chi connectivity index (χ1) is 17.9. The molecule has 3 heterocycles. The van der Waals surface area contributed by atoms with Gasteiger partial charge in [0.2, 0.25) is 0 Å². The Bertz CT molecular complexity index is 1220. The highest BCUT2D eigenvalue weighted by molar-refractivity contribution is 6.32. The Kier molecular flexibility index (Phi) is 7.40. The summed E-state index contributed by atoms with van der Waals surface area (Å²) in [6, 6.07) is 13.1. The molecule has 1 atom stereocenters. The largest absolute Gasteiger partial charge is 0.493 e. The summed E-state index contributed by atoms with van der Waals surface area (Å²) >= 11 is 6.42. The van der Waals surface area contributed by atoms with Gasteiger partial charge in [0.15, 0.2) is 6.23 Å². The molecule has 2 aromatic rings. The molecule has 37 heavy (non-hydrogen) atoms. The van der Waals surface area contributed by atoms with E-state index < -0.39 is 23.8 Å². The number of carbonyl (C=O) groups is 2. The van der Waals surface area contributed by atoms with Crippen LogP contribution in [0, 0.1) is 11.3 Å². The van der Waals surface area contributed by atoms with Crippen LogP contribution in [-0.4, -0.2) is 50.1 Å². The number of rotatable bonds is 3. The van der Waals surface area contributed by atoms with Crippen LogP contribution in [0.15, 0.2) is 36.4 Å². The van der Waals surface area contributed by atoms with Gasteiger partial charge in [0, 0.05) is 25.4 Å². The minimum absolute atomic E-state index is 0.168. The number of nitrogens with zero attached hydrogens (tertiary/aromatic N) is 1. The molecule has 10 heteroatoms. The van der Waals surface area contributed by atoms with Crippen molar-refractivity contribution in [3.8, 4) is 17.6 Å². The summed E-state index contributed by atoms with van der Waals surface area (Å²) in [5, 5.41) is 18.4. The molecule has 9 nitrogen and oxygen atoms in total. The van der Waals surface area contributed by atoms with Gasteiger partial charge in [-0.2, -0.15) is 5.26 Å². The minimum atomic E-state index is -1.01. The SMILES string of the molecule is N#CC1(NC(=O)O[C@H]2Cc3ccc(c(Cl)c3)OCCCCOc3ccc(C4CNC4)cc3C(=O)N2)CC1. The monoisotopic (exact) mass is 524 g/mol. The standard InChI is InChI=1S/C27H29ClN4O5/c28-21-11-17-3-5-23(21)36-10-2-1-9-35-22-6-4-18(19-14-30-15-19)13-20(22)25(33)31-24(12-17)37-26(34)32-27(16-29)7-8-27/h3-6,11,13,19,24,30H,1-2,7-10,12,14-15H2,(H,31,33)(H,32,34)/t24-/m0/s1. The third kappa shape index (κ3) is 6.09. The first-order valence-corrected chi connectivity index (χ1v) is 12.9. The van der Waals surface area contributed by atoms with Crippen LogP contribution < -0.4 is 25.4 Å². The van der Waals surface area contributed by atoms with E-state index in [-0.39, 0.29) is 6.42 Å². The number of nitriles is 1. The van der Waals surface area contributed by atoms with Crippen molar-refractivity contribution in [2.75, 3.05) is 26.3 Å². The van der Waals surface area contributed by atoms with Crippen molar-refractivity contribution in [1.82, 2.24) is 16.0 Å². The van der Waals surface area contributed by atoms with Crippen LogP contribution in [0.1, 0.15) is 53.1 Å². The fourth-order valence-corrected chi connectivity index (χ4v) is 4.55. The lowest BCUT2D eigenvalue weighted by Gasteiger charge is -2.28. The summed E-state index contributed by atoms with van der Waals surface area (Å²) in [4.78, 5) is 26.2. The van der Waals surface area contributed by atoms with Crippen molar-refractivity contribution in [1.29, 1.82) is 5.26 Å². The molecule has 2 aromatic carbocycles. The Labute approximate surface area is 220 Å². The Morgan fingerprint density at radius 2 is 1.84 bits per heavy atom. The second-order valence-electron chi connectivity index (χ2n) is 9.67. The summed E-state index contributed by atoms with van der Waals surface area (Å²) in [5.41, 5.74) is 1.27. The van der Waals surface area contributed by atoms with Gasteiger partial charge >= 0.3 is 6.09 Å². The molecule has 1 saturated heterocycles. The molecule has 3 N–H and O–H groups in total. The second kappa shape index (κ2) is 10.9. The van der Waals surface area contributed by atoms with Gasteiger partial charge in [0.05, 0.1) is 29.9 Å². The summed E-state index contributed by atoms with van der Waals surface area (Å²) in [6.45, 7) is 2.60. The van der Waals surface area contributed by atoms with Crippen molar-refractivity contribution < 1.29 is 23.8 Å². The average molecular weight is 525 g/mol. The molecule has 0 unspecified atom stereocenters. The quantitative estimate of drug-likeness (QED) is 0.560. The first kappa shape index (κ1) is 25.2. The molecule has 2 bridgehead atoms. The molecule has 194 valence electrons. The van der Waals surface area contributed by atoms with E-state index in [0.717, 1.165) is 37.1 Å². The molecule has 1 saturated carbocycles. The van der Waals surface area contributed by atoms with Crippen molar-refractivity contribution in [2.24, 2.45) is 0 Å². The van der Waals surface area contributed by atoms with Gasteiger partial charge < -0.3 is 30.2 Å². The zero-order valence-electron chi connectivity index (χ0n) is 20.3. The number of fused-ring (bicyclic) bond motifs is 10. The van der Waals surface area contributed by atoms with E-state index in [1.165, 1.54) is 0 Å². The molecule has 2 fully saturated rings. The number of nitrogens with one attached hydrogen (secondary N) is 3. The predicted molar refractivity (Wildman–Crippen MR) is 136 cm³/mol. The lowest BCUT2D eigenvalue weighted by molar-refractivity contribution is 0.0621. The average Bonchev–Trinajstić information content (AvgIpc) is 3.60. The smallest absolute Gasteiger partial charge is 0.410 e. The van der Waals surface area contributed by atoms with E-state index in [9.17, 15) is 14.9 Å². The first-order valence-electron chi connectivity index (χ1n) is 12.5. The summed E-state index contributed by atoms with van der Waals surface area (Å²) in [5.74, 6) is 0.944. The lowest BCUT2D eigenvalue weighted by Crippen LogP contribution is -2.45. The van der Waals surface area contributed by atoms with E-state index >= 15 is 0 Å². The number of ether oxygens (including phenoxy) is 3.